The van der Waals surface area contributed by atoms with Gasteiger partial charge in [-0.3, -0.25) is 4.79 Å². The average molecular weight is 263 g/mol. The second-order valence-electron chi connectivity index (χ2n) is 4.84. The van der Waals surface area contributed by atoms with Gasteiger partial charge >= 0.3 is 5.97 Å². The van der Waals surface area contributed by atoms with E-state index in [2.05, 4.69) is 31.2 Å². The van der Waals surface area contributed by atoms with Crippen molar-refractivity contribution in [1.82, 2.24) is 0 Å². The molecule has 0 bridgehead atoms. The van der Waals surface area contributed by atoms with Crippen molar-refractivity contribution in [1.29, 1.82) is 0 Å². The van der Waals surface area contributed by atoms with E-state index in [-0.39, 0.29) is 5.97 Å². The summed E-state index contributed by atoms with van der Waals surface area (Å²) < 4.78 is 4.90. The van der Waals surface area contributed by atoms with Crippen molar-refractivity contribution in [3.8, 4) is 0 Å². The van der Waals surface area contributed by atoms with Crippen LogP contribution in [0.25, 0.3) is 0 Å². The van der Waals surface area contributed by atoms with E-state index in [1.54, 1.807) is 6.92 Å². The fraction of sp³-hybridized carbons (Fsp3) is 0.562. The molecule has 0 aromatic heterocycles. The first-order valence-electron chi connectivity index (χ1n) is 7.17. The summed E-state index contributed by atoms with van der Waals surface area (Å²) in [5.41, 5.74) is 8.23. The Morgan fingerprint density at radius 2 is 1.79 bits per heavy atom. The van der Waals surface area contributed by atoms with Crippen LogP contribution >= 0.6 is 0 Å². The molecule has 3 nitrogen and oxygen atoms in total. The first-order chi connectivity index (χ1) is 9.17. The van der Waals surface area contributed by atoms with Gasteiger partial charge in [-0.1, -0.05) is 44.0 Å². The van der Waals surface area contributed by atoms with E-state index in [1.165, 1.54) is 24.8 Å². The van der Waals surface area contributed by atoms with Crippen LogP contribution in [0, 0.1) is 0 Å². The van der Waals surface area contributed by atoms with Gasteiger partial charge in [0, 0.05) is 0 Å². The van der Waals surface area contributed by atoms with Crippen molar-refractivity contribution >= 4 is 5.97 Å². The molecule has 106 valence electrons. The van der Waals surface area contributed by atoms with Crippen LogP contribution in [0.5, 0.6) is 0 Å². The highest BCUT2D eigenvalue weighted by atomic mass is 16.5. The summed E-state index contributed by atoms with van der Waals surface area (Å²) in [4.78, 5) is 11.4. The second-order valence-corrected chi connectivity index (χ2v) is 4.84. The lowest BCUT2D eigenvalue weighted by Crippen LogP contribution is -2.34. The summed E-state index contributed by atoms with van der Waals surface area (Å²) >= 11 is 0. The Kier molecular flexibility index (Phi) is 7.19. The number of rotatable bonds is 8. The fourth-order valence-electron chi connectivity index (χ4n) is 2.01. The Balaban J connectivity index is 2.45. The third-order valence-corrected chi connectivity index (χ3v) is 3.14. The van der Waals surface area contributed by atoms with Crippen molar-refractivity contribution in [2.75, 3.05) is 6.61 Å². The number of unbranched alkanes of at least 4 members (excludes halogenated alkanes) is 2. The Morgan fingerprint density at radius 3 is 2.37 bits per heavy atom. The Bertz CT molecular complexity index is 373. The van der Waals surface area contributed by atoms with Crippen molar-refractivity contribution in [2.45, 2.75) is 52.0 Å². The largest absolute Gasteiger partial charge is 0.465 e. The summed E-state index contributed by atoms with van der Waals surface area (Å²) in [5, 5.41) is 0. The number of carbonyl (C=O) groups excluding carboxylic acids is 1. The smallest absolute Gasteiger partial charge is 0.323 e. The zero-order valence-electron chi connectivity index (χ0n) is 12.0. The minimum absolute atomic E-state index is 0.325. The SMILES string of the molecule is CCCCCc1ccc(CC(N)C(=O)OCC)cc1. The molecule has 0 heterocycles. The monoisotopic (exact) mass is 263 g/mol. The normalized spacial score (nSPS) is 12.2. The van der Waals surface area contributed by atoms with Crippen LogP contribution in [0.1, 0.15) is 44.2 Å². The van der Waals surface area contributed by atoms with Crippen molar-refractivity contribution < 1.29 is 9.53 Å². The van der Waals surface area contributed by atoms with Gasteiger partial charge in [-0.25, -0.2) is 0 Å². The number of benzene rings is 1. The summed E-state index contributed by atoms with van der Waals surface area (Å²) in [6.45, 7) is 4.37. The Labute approximate surface area is 116 Å². The highest BCUT2D eigenvalue weighted by Gasteiger charge is 2.14. The molecule has 0 aliphatic heterocycles. The summed E-state index contributed by atoms with van der Waals surface area (Å²) in [6.07, 6.45) is 5.41. The molecule has 1 aromatic carbocycles. The third-order valence-electron chi connectivity index (χ3n) is 3.14. The van der Waals surface area contributed by atoms with Crippen LogP contribution in [0.2, 0.25) is 0 Å². The predicted octanol–water partition coefficient (Wildman–Crippen LogP) is 2.85. The molecule has 0 saturated carbocycles. The van der Waals surface area contributed by atoms with Gasteiger partial charge in [0.25, 0.3) is 0 Å². The van der Waals surface area contributed by atoms with Gasteiger partial charge in [0.05, 0.1) is 6.61 Å². The van der Waals surface area contributed by atoms with Gasteiger partial charge in [0.15, 0.2) is 0 Å². The quantitative estimate of drug-likeness (QED) is 0.579. The van der Waals surface area contributed by atoms with Gasteiger partial charge < -0.3 is 10.5 Å². The van der Waals surface area contributed by atoms with Gasteiger partial charge in [0.1, 0.15) is 6.04 Å². The standard InChI is InChI=1S/C16H25NO2/c1-3-5-6-7-13-8-10-14(11-9-13)12-15(17)16(18)19-4-2/h8-11,15H,3-7,12,17H2,1-2H3. The average Bonchev–Trinajstić information content (AvgIpc) is 2.41. The number of esters is 1. The molecule has 1 rings (SSSR count). The molecule has 0 radical (unpaired) electrons. The summed E-state index contributed by atoms with van der Waals surface area (Å²) in [5.74, 6) is -0.325. The molecule has 0 aliphatic rings. The lowest BCUT2D eigenvalue weighted by molar-refractivity contribution is -0.144. The number of ether oxygens (including phenoxy) is 1. The molecule has 0 fully saturated rings. The third kappa shape index (κ3) is 5.88. The molecule has 1 aromatic rings. The lowest BCUT2D eigenvalue weighted by atomic mass is 10.0. The number of hydrogen-bond acceptors (Lipinski definition) is 3. The Hall–Kier alpha value is -1.35. The molecule has 2 N–H and O–H groups in total. The van der Waals surface area contributed by atoms with Gasteiger partial charge in [-0.2, -0.15) is 0 Å². The van der Waals surface area contributed by atoms with E-state index in [9.17, 15) is 4.79 Å². The van der Waals surface area contributed by atoms with Gasteiger partial charge in [-0.05, 0) is 37.3 Å². The van der Waals surface area contributed by atoms with Crippen LogP contribution in [0.15, 0.2) is 24.3 Å². The Morgan fingerprint density at radius 1 is 1.16 bits per heavy atom. The zero-order valence-corrected chi connectivity index (χ0v) is 12.0. The predicted molar refractivity (Wildman–Crippen MR) is 78.0 cm³/mol. The van der Waals surface area contributed by atoms with Gasteiger partial charge in [0.2, 0.25) is 0 Å². The van der Waals surface area contributed by atoms with Crippen LogP contribution < -0.4 is 5.73 Å². The van der Waals surface area contributed by atoms with E-state index in [0.29, 0.717) is 13.0 Å². The maximum Gasteiger partial charge on any atom is 0.323 e. The van der Waals surface area contributed by atoms with E-state index in [4.69, 9.17) is 10.5 Å². The molecule has 0 spiro atoms. The van der Waals surface area contributed by atoms with E-state index < -0.39 is 6.04 Å². The fourth-order valence-corrected chi connectivity index (χ4v) is 2.01. The highest BCUT2D eigenvalue weighted by Crippen LogP contribution is 2.10. The number of hydrogen-bond donors (Lipinski definition) is 1. The highest BCUT2D eigenvalue weighted by molar-refractivity contribution is 5.75. The van der Waals surface area contributed by atoms with Crippen LogP contribution in [-0.2, 0) is 22.4 Å². The summed E-state index contributed by atoms with van der Waals surface area (Å²) in [6, 6.07) is 7.80. The van der Waals surface area contributed by atoms with E-state index >= 15 is 0 Å². The molecule has 0 saturated heterocycles. The maximum absolute atomic E-state index is 11.4. The number of carbonyl (C=O) groups is 1. The molecule has 0 aliphatic carbocycles. The molecule has 3 heteroatoms. The number of nitrogens with two attached hydrogens (primary N) is 1. The molecule has 1 unspecified atom stereocenters. The molecule has 19 heavy (non-hydrogen) atoms. The minimum Gasteiger partial charge on any atom is -0.465 e. The molecular formula is C16H25NO2. The van der Waals surface area contributed by atoms with Crippen molar-refractivity contribution in [3.63, 3.8) is 0 Å². The number of aryl methyl sites for hydroxylation is 1. The summed E-state index contributed by atoms with van der Waals surface area (Å²) in [7, 11) is 0. The molecular weight excluding hydrogens is 238 g/mol. The molecule has 0 amide bonds. The van der Waals surface area contributed by atoms with Crippen molar-refractivity contribution in [2.24, 2.45) is 5.73 Å². The van der Waals surface area contributed by atoms with Crippen LogP contribution in [-0.4, -0.2) is 18.6 Å². The van der Waals surface area contributed by atoms with E-state index in [0.717, 1.165) is 12.0 Å². The lowest BCUT2D eigenvalue weighted by Gasteiger charge is -2.11. The zero-order chi connectivity index (χ0) is 14.1. The second kappa shape index (κ2) is 8.70. The van der Waals surface area contributed by atoms with Crippen molar-refractivity contribution in [3.05, 3.63) is 35.4 Å². The van der Waals surface area contributed by atoms with E-state index in [1.807, 2.05) is 0 Å². The minimum atomic E-state index is -0.564. The maximum atomic E-state index is 11.4. The first-order valence-corrected chi connectivity index (χ1v) is 7.17. The van der Waals surface area contributed by atoms with Crippen LogP contribution in [0.3, 0.4) is 0 Å². The molecule has 1 atom stereocenters. The first kappa shape index (κ1) is 15.7. The topological polar surface area (TPSA) is 52.3 Å². The van der Waals surface area contributed by atoms with Crippen LogP contribution in [0.4, 0.5) is 0 Å². The van der Waals surface area contributed by atoms with Gasteiger partial charge in [-0.15, -0.1) is 0 Å².